The van der Waals surface area contributed by atoms with Crippen molar-refractivity contribution < 1.29 is 4.79 Å². The zero-order valence-electron chi connectivity index (χ0n) is 18.2. The third kappa shape index (κ3) is 6.59. The zero-order chi connectivity index (χ0) is 20.7. The maximum atomic E-state index is 13.1. The normalized spacial score (nSPS) is 15.1. The Kier molecular flexibility index (Phi) is 7.29. The maximum Gasteiger partial charge on any atom is 0.317 e. The number of nitrogens with zero attached hydrogens (tertiary/aromatic N) is 2. The van der Waals surface area contributed by atoms with Gasteiger partial charge in [0, 0.05) is 37.4 Å². The van der Waals surface area contributed by atoms with Gasteiger partial charge in [0.15, 0.2) is 0 Å². The van der Waals surface area contributed by atoms with Gasteiger partial charge in [0.1, 0.15) is 0 Å². The molecule has 0 atom stereocenters. The number of carbonyl (C=O) groups excluding carboxylic acids is 1. The molecule has 1 aliphatic carbocycles. The number of hydrogen-bond donors (Lipinski definition) is 1. The minimum atomic E-state index is 0.0488. The third-order valence-electron chi connectivity index (χ3n) is 5.78. The first-order valence-electron chi connectivity index (χ1n) is 11.0. The van der Waals surface area contributed by atoms with E-state index in [1.807, 2.05) is 29.3 Å². The van der Waals surface area contributed by atoms with Crippen LogP contribution in [0, 0.1) is 0 Å². The quantitative estimate of drug-likeness (QED) is 0.708. The van der Waals surface area contributed by atoms with Crippen LogP contribution in [0.15, 0.2) is 48.7 Å². The lowest BCUT2D eigenvalue weighted by Crippen LogP contribution is -2.45. The van der Waals surface area contributed by atoms with E-state index < -0.39 is 0 Å². The average molecular weight is 394 g/mol. The molecule has 4 nitrogen and oxygen atoms in total. The van der Waals surface area contributed by atoms with Crippen LogP contribution in [0.4, 0.5) is 4.79 Å². The fourth-order valence-corrected chi connectivity index (χ4v) is 3.89. The molecule has 0 unspecified atom stereocenters. The van der Waals surface area contributed by atoms with Gasteiger partial charge < -0.3 is 10.2 Å². The lowest BCUT2D eigenvalue weighted by atomic mass is 9.87. The van der Waals surface area contributed by atoms with E-state index in [2.05, 4.69) is 55.3 Å². The van der Waals surface area contributed by atoms with E-state index in [1.54, 1.807) is 0 Å². The first kappa shape index (κ1) is 21.4. The fraction of sp³-hybridized carbons (Fsp3) is 0.520. The molecule has 29 heavy (non-hydrogen) atoms. The molecule has 4 heteroatoms. The number of benzene rings is 1. The van der Waals surface area contributed by atoms with Crippen molar-refractivity contribution in [1.82, 2.24) is 15.2 Å². The van der Waals surface area contributed by atoms with E-state index in [-0.39, 0.29) is 11.4 Å². The molecule has 1 saturated carbocycles. The van der Waals surface area contributed by atoms with Crippen molar-refractivity contribution in [1.29, 1.82) is 0 Å². The molecule has 156 valence electrons. The van der Waals surface area contributed by atoms with Gasteiger partial charge in [0.25, 0.3) is 0 Å². The van der Waals surface area contributed by atoms with E-state index in [0.717, 1.165) is 30.5 Å². The average Bonchev–Trinajstić information content (AvgIpc) is 2.72. The first-order valence-corrected chi connectivity index (χ1v) is 11.0. The van der Waals surface area contributed by atoms with Gasteiger partial charge in [-0.3, -0.25) is 4.98 Å². The molecule has 2 aromatic rings. The van der Waals surface area contributed by atoms with Crippen molar-refractivity contribution >= 4 is 6.03 Å². The second-order valence-corrected chi connectivity index (χ2v) is 9.22. The van der Waals surface area contributed by atoms with Crippen LogP contribution >= 0.6 is 0 Å². The highest BCUT2D eigenvalue weighted by Crippen LogP contribution is 2.23. The molecule has 1 heterocycles. The fourth-order valence-electron chi connectivity index (χ4n) is 3.89. The van der Waals surface area contributed by atoms with Crippen LogP contribution < -0.4 is 5.32 Å². The van der Waals surface area contributed by atoms with Gasteiger partial charge in [-0.15, -0.1) is 0 Å². The Morgan fingerprint density at radius 3 is 2.41 bits per heavy atom. The van der Waals surface area contributed by atoms with Crippen LogP contribution in [0.1, 0.15) is 69.7 Å². The highest BCUT2D eigenvalue weighted by molar-refractivity contribution is 5.74. The summed E-state index contributed by atoms with van der Waals surface area (Å²) in [6.45, 7) is 7.95. The van der Waals surface area contributed by atoms with Crippen LogP contribution in [0.5, 0.6) is 0 Å². The van der Waals surface area contributed by atoms with E-state index in [0.29, 0.717) is 19.1 Å². The predicted octanol–water partition coefficient (Wildman–Crippen LogP) is 5.47. The Morgan fingerprint density at radius 1 is 1.07 bits per heavy atom. The number of hydrogen-bond acceptors (Lipinski definition) is 2. The summed E-state index contributed by atoms with van der Waals surface area (Å²) >= 11 is 0. The van der Waals surface area contributed by atoms with Crippen molar-refractivity contribution in [3.05, 3.63) is 65.5 Å². The molecule has 2 amide bonds. The number of pyridine rings is 1. The summed E-state index contributed by atoms with van der Waals surface area (Å²) in [6.07, 6.45) is 8.49. The SMILES string of the molecule is CC(C)(C)c1ccc(CN(CCc2ccccn2)C(=O)NC2CCCCC2)cc1. The van der Waals surface area contributed by atoms with Crippen LogP contribution in [0.25, 0.3) is 0 Å². The summed E-state index contributed by atoms with van der Waals surface area (Å²) in [6, 6.07) is 15.0. The molecule has 1 aromatic heterocycles. The molecule has 0 radical (unpaired) electrons. The van der Waals surface area contributed by atoms with Gasteiger partial charge in [0.2, 0.25) is 0 Å². The second-order valence-electron chi connectivity index (χ2n) is 9.22. The number of urea groups is 1. The largest absolute Gasteiger partial charge is 0.335 e. The molecular weight excluding hydrogens is 358 g/mol. The number of carbonyl (C=O) groups is 1. The van der Waals surface area contributed by atoms with Gasteiger partial charge in [-0.25, -0.2) is 4.79 Å². The molecule has 0 aliphatic heterocycles. The maximum absolute atomic E-state index is 13.1. The summed E-state index contributed by atoms with van der Waals surface area (Å²) < 4.78 is 0. The first-order chi connectivity index (χ1) is 13.9. The lowest BCUT2D eigenvalue weighted by molar-refractivity contribution is 0.187. The van der Waals surface area contributed by atoms with E-state index in [1.165, 1.54) is 24.8 Å². The molecule has 0 spiro atoms. The molecular formula is C25H35N3O. The van der Waals surface area contributed by atoms with Crippen molar-refractivity contribution in [3.63, 3.8) is 0 Å². The molecule has 0 bridgehead atoms. The summed E-state index contributed by atoms with van der Waals surface area (Å²) in [4.78, 5) is 19.4. The van der Waals surface area contributed by atoms with Crippen LogP contribution in [-0.2, 0) is 18.4 Å². The smallest absolute Gasteiger partial charge is 0.317 e. The third-order valence-corrected chi connectivity index (χ3v) is 5.78. The number of amides is 2. The predicted molar refractivity (Wildman–Crippen MR) is 119 cm³/mol. The number of nitrogens with one attached hydrogen (secondary N) is 1. The minimum absolute atomic E-state index is 0.0488. The summed E-state index contributed by atoms with van der Waals surface area (Å²) in [5, 5.41) is 3.28. The molecule has 1 aromatic carbocycles. The Hall–Kier alpha value is -2.36. The van der Waals surface area contributed by atoms with Crippen molar-refractivity contribution in [2.45, 2.75) is 77.3 Å². The summed E-state index contributed by atoms with van der Waals surface area (Å²) in [5.74, 6) is 0. The Balaban J connectivity index is 1.67. The highest BCUT2D eigenvalue weighted by Gasteiger charge is 2.21. The topological polar surface area (TPSA) is 45.2 Å². The van der Waals surface area contributed by atoms with Gasteiger partial charge in [-0.05, 0) is 41.5 Å². The molecule has 3 rings (SSSR count). The van der Waals surface area contributed by atoms with E-state index in [9.17, 15) is 4.79 Å². The Labute approximate surface area is 175 Å². The monoisotopic (exact) mass is 393 g/mol. The molecule has 0 saturated heterocycles. The van der Waals surface area contributed by atoms with Crippen LogP contribution in [0.2, 0.25) is 0 Å². The second kappa shape index (κ2) is 9.91. The van der Waals surface area contributed by atoms with Crippen molar-refractivity contribution in [2.75, 3.05) is 6.54 Å². The van der Waals surface area contributed by atoms with Gasteiger partial charge >= 0.3 is 6.03 Å². The van der Waals surface area contributed by atoms with Gasteiger partial charge in [-0.1, -0.05) is 70.4 Å². The van der Waals surface area contributed by atoms with Crippen molar-refractivity contribution in [2.24, 2.45) is 0 Å². The van der Waals surface area contributed by atoms with Gasteiger partial charge in [-0.2, -0.15) is 0 Å². The Bertz CT molecular complexity index is 759. The summed E-state index contributed by atoms with van der Waals surface area (Å²) in [7, 11) is 0. The highest BCUT2D eigenvalue weighted by atomic mass is 16.2. The zero-order valence-corrected chi connectivity index (χ0v) is 18.2. The number of rotatable bonds is 6. The van der Waals surface area contributed by atoms with Crippen LogP contribution in [0.3, 0.4) is 0 Å². The molecule has 1 fully saturated rings. The van der Waals surface area contributed by atoms with Gasteiger partial charge in [0.05, 0.1) is 0 Å². The number of aromatic nitrogens is 1. The Morgan fingerprint density at radius 2 is 1.79 bits per heavy atom. The molecule has 1 aliphatic rings. The lowest BCUT2D eigenvalue weighted by Gasteiger charge is -2.29. The van der Waals surface area contributed by atoms with Crippen molar-refractivity contribution in [3.8, 4) is 0 Å². The summed E-state index contributed by atoms with van der Waals surface area (Å²) in [5.41, 5.74) is 3.63. The van der Waals surface area contributed by atoms with E-state index >= 15 is 0 Å². The standard InChI is InChI=1S/C25H35N3O/c1-25(2,3)21-14-12-20(13-15-21)19-28(18-16-22-9-7-8-17-26-22)24(29)27-23-10-5-4-6-11-23/h7-9,12-15,17,23H,4-6,10-11,16,18-19H2,1-3H3,(H,27,29). The van der Waals surface area contributed by atoms with E-state index in [4.69, 9.17) is 0 Å². The molecule has 1 N–H and O–H groups in total. The minimum Gasteiger partial charge on any atom is -0.335 e. The van der Waals surface area contributed by atoms with Crippen LogP contribution in [-0.4, -0.2) is 28.5 Å².